The number of nitriles is 1. The molecule has 1 aliphatic rings. The van der Waals surface area contributed by atoms with Gasteiger partial charge in [0.25, 0.3) is 5.56 Å². The number of rotatable bonds is 6. The van der Waals surface area contributed by atoms with Crippen molar-refractivity contribution in [3.63, 3.8) is 0 Å². The number of aromatic nitrogens is 4. The summed E-state index contributed by atoms with van der Waals surface area (Å²) in [6.07, 6.45) is 6.53. The first-order valence-corrected chi connectivity index (χ1v) is 8.90. The highest BCUT2D eigenvalue weighted by Gasteiger charge is 2.22. The highest BCUT2D eigenvalue weighted by Crippen LogP contribution is 2.17. The minimum absolute atomic E-state index is 0.0601. The Balaban J connectivity index is 1.57. The molecular weight excluding hydrogens is 330 g/mol. The Labute approximate surface area is 152 Å². The van der Waals surface area contributed by atoms with E-state index in [4.69, 9.17) is 5.26 Å². The van der Waals surface area contributed by atoms with E-state index in [-0.39, 0.29) is 5.56 Å². The van der Waals surface area contributed by atoms with Gasteiger partial charge in [0.05, 0.1) is 24.6 Å². The zero-order chi connectivity index (χ0) is 18.4. The van der Waals surface area contributed by atoms with Gasteiger partial charge in [-0.05, 0) is 32.4 Å². The Bertz CT molecular complexity index is 825. The van der Waals surface area contributed by atoms with Crippen LogP contribution in [0.5, 0.6) is 0 Å². The molecule has 0 bridgehead atoms. The number of piperidine rings is 1. The Morgan fingerprint density at radius 3 is 2.92 bits per heavy atom. The van der Waals surface area contributed by atoms with E-state index in [0.29, 0.717) is 24.1 Å². The van der Waals surface area contributed by atoms with Crippen LogP contribution < -0.4 is 10.9 Å². The molecule has 0 saturated carbocycles. The van der Waals surface area contributed by atoms with Gasteiger partial charge in [-0.2, -0.15) is 10.4 Å². The van der Waals surface area contributed by atoms with E-state index in [2.05, 4.69) is 25.3 Å². The highest BCUT2D eigenvalue weighted by molar-refractivity contribution is 5.33. The first kappa shape index (κ1) is 18.0. The van der Waals surface area contributed by atoms with E-state index in [0.717, 1.165) is 31.7 Å². The Hall–Kier alpha value is -2.79. The van der Waals surface area contributed by atoms with Crippen LogP contribution in [-0.2, 0) is 6.54 Å². The molecule has 1 aliphatic heterocycles. The van der Waals surface area contributed by atoms with Gasteiger partial charge in [-0.15, -0.1) is 0 Å². The fraction of sp³-hybridized carbons (Fsp3) is 0.500. The molecule has 8 nitrogen and oxygen atoms in total. The maximum Gasteiger partial charge on any atom is 0.266 e. The molecule has 1 N–H and O–H groups in total. The third-order valence-electron chi connectivity index (χ3n) is 4.63. The van der Waals surface area contributed by atoms with Gasteiger partial charge < -0.3 is 5.32 Å². The van der Waals surface area contributed by atoms with Gasteiger partial charge in [-0.1, -0.05) is 6.42 Å². The molecule has 0 aromatic carbocycles. The lowest BCUT2D eigenvalue weighted by atomic mass is 10.0. The summed E-state index contributed by atoms with van der Waals surface area (Å²) in [6.45, 7) is 5.06. The summed E-state index contributed by atoms with van der Waals surface area (Å²) in [6, 6.07) is 5.65. The van der Waals surface area contributed by atoms with Crippen molar-refractivity contribution >= 4 is 5.82 Å². The zero-order valence-corrected chi connectivity index (χ0v) is 14.9. The van der Waals surface area contributed by atoms with Crippen LogP contribution in [0.1, 0.15) is 30.7 Å². The lowest BCUT2D eigenvalue weighted by Crippen LogP contribution is -2.45. The Morgan fingerprint density at radius 2 is 2.15 bits per heavy atom. The van der Waals surface area contributed by atoms with Crippen LogP contribution in [0.4, 0.5) is 5.82 Å². The largest absolute Gasteiger partial charge is 0.367 e. The Morgan fingerprint density at radius 1 is 1.27 bits per heavy atom. The van der Waals surface area contributed by atoms with Crippen LogP contribution in [0.25, 0.3) is 0 Å². The van der Waals surface area contributed by atoms with Crippen molar-refractivity contribution in [3.8, 4) is 6.07 Å². The number of anilines is 1. The summed E-state index contributed by atoms with van der Waals surface area (Å²) in [4.78, 5) is 22.6. The van der Waals surface area contributed by atoms with E-state index in [1.807, 2.05) is 13.0 Å². The van der Waals surface area contributed by atoms with Gasteiger partial charge in [-0.3, -0.25) is 9.69 Å². The molecule has 1 unspecified atom stereocenters. The third kappa shape index (κ3) is 4.64. The van der Waals surface area contributed by atoms with Gasteiger partial charge in [0.15, 0.2) is 5.69 Å². The number of likely N-dealkylation sites (tertiary alicyclic amines) is 1. The minimum atomic E-state index is -0.0601. The van der Waals surface area contributed by atoms with Crippen LogP contribution in [0.3, 0.4) is 0 Å². The number of aryl methyl sites for hydroxylation is 1. The lowest BCUT2D eigenvalue weighted by molar-refractivity contribution is 0.148. The molecule has 8 heteroatoms. The van der Waals surface area contributed by atoms with Crippen LogP contribution in [0.2, 0.25) is 0 Å². The Kier molecular flexibility index (Phi) is 5.92. The second-order valence-corrected chi connectivity index (χ2v) is 6.50. The van der Waals surface area contributed by atoms with E-state index in [9.17, 15) is 4.79 Å². The monoisotopic (exact) mass is 353 g/mol. The number of nitrogens with zero attached hydrogens (tertiary/aromatic N) is 6. The molecule has 1 atom stereocenters. The second kappa shape index (κ2) is 8.54. The fourth-order valence-corrected chi connectivity index (χ4v) is 3.22. The first-order chi connectivity index (χ1) is 12.7. The number of nitrogens with one attached hydrogen (secondary N) is 1. The molecule has 1 saturated heterocycles. The van der Waals surface area contributed by atoms with E-state index in [1.165, 1.54) is 19.0 Å². The quantitative estimate of drug-likeness (QED) is 0.832. The third-order valence-corrected chi connectivity index (χ3v) is 4.63. The smallest absolute Gasteiger partial charge is 0.266 e. The summed E-state index contributed by atoms with van der Waals surface area (Å²) >= 11 is 0. The minimum Gasteiger partial charge on any atom is -0.367 e. The van der Waals surface area contributed by atoms with Crippen LogP contribution in [-0.4, -0.2) is 50.3 Å². The molecular formula is C18H23N7O. The summed E-state index contributed by atoms with van der Waals surface area (Å²) < 4.78 is 1.54. The molecule has 1 fully saturated rings. The summed E-state index contributed by atoms with van der Waals surface area (Å²) in [5.41, 5.74) is 1.10. The zero-order valence-electron chi connectivity index (χ0n) is 14.9. The van der Waals surface area contributed by atoms with Crippen molar-refractivity contribution in [2.45, 2.75) is 38.8 Å². The predicted molar refractivity (Wildman–Crippen MR) is 97.7 cm³/mol. The average Bonchev–Trinajstić information content (AvgIpc) is 2.68. The van der Waals surface area contributed by atoms with Crippen molar-refractivity contribution in [1.82, 2.24) is 24.6 Å². The van der Waals surface area contributed by atoms with Crippen molar-refractivity contribution in [1.29, 1.82) is 5.26 Å². The maximum atomic E-state index is 11.9. The summed E-state index contributed by atoms with van der Waals surface area (Å²) in [5.74, 6) is 0.672. The van der Waals surface area contributed by atoms with E-state index >= 15 is 0 Å². The topological polar surface area (TPSA) is 99.7 Å². The molecule has 26 heavy (non-hydrogen) atoms. The van der Waals surface area contributed by atoms with Gasteiger partial charge in [0, 0.05) is 25.2 Å². The number of hydrogen-bond acceptors (Lipinski definition) is 7. The highest BCUT2D eigenvalue weighted by atomic mass is 16.1. The molecule has 0 spiro atoms. The van der Waals surface area contributed by atoms with E-state index < -0.39 is 0 Å². The molecule has 2 aromatic heterocycles. The van der Waals surface area contributed by atoms with Crippen LogP contribution in [0, 0.1) is 18.3 Å². The summed E-state index contributed by atoms with van der Waals surface area (Å²) in [5, 5.41) is 16.4. The van der Waals surface area contributed by atoms with E-state index in [1.54, 1.807) is 23.0 Å². The average molecular weight is 353 g/mol. The normalized spacial score (nSPS) is 17.6. The maximum absolute atomic E-state index is 11.9. The van der Waals surface area contributed by atoms with Crippen molar-refractivity contribution < 1.29 is 0 Å². The molecule has 136 valence electrons. The van der Waals surface area contributed by atoms with Gasteiger partial charge in [0.1, 0.15) is 11.9 Å². The van der Waals surface area contributed by atoms with Crippen molar-refractivity contribution in [2.24, 2.45) is 0 Å². The number of hydrogen-bond donors (Lipinski definition) is 1. The molecule has 3 heterocycles. The van der Waals surface area contributed by atoms with Crippen LogP contribution >= 0.6 is 0 Å². The first-order valence-electron chi connectivity index (χ1n) is 8.90. The summed E-state index contributed by atoms with van der Waals surface area (Å²) in [7, 11) is 0. The molecule has 0 radical (unpaired) electrons. The van der Waals surface area contributed by atoms with Crippen LogP contribution in [0.15, 0.2) is 29.3 Å². The molecule has 0 aliphatic carbocycles. The molecule has 2 aromatic rings. The SMILES string of the molecule is Cc1ccc(=O)n(CCN2CCCCC2CNc2cnc(C#N)cn2)n1. The lowest BCUT2D eigenvalue weighted by Gasteiger charge is -2.35. The van der Waals surface area contributed by atoms with Gasteiger partial charge in [0.2, 0.25) is 0 Å². The molecule has 3 rings (SSSR count). The second-order valence-electron chi connectivity index (χ2n) is 6.50. The van der Waals surface area contributed by atoms with Crippen molar-refractivity contribution in [2.75, 3.05) is 25.0 Å². The van der Waals surface area contributed by atoms with Crippen molar-refractivity contribution in [3.05, 3.63) is 46.3 Å². The van der Waals surface area contributed by atoms with Gasteiger partial charge >= 0.3 is 0 Å². The predicted octanol–water partition coefficient (Wildman–Crippen LogP) is 1.18. The van der Waals surface area contributed by atoms with Gasteiger partial charge in [-0.25, -0.2) is 14.6 Å². The standard InChI is InChI=1S/C18H23N7O/c1-14-5-6-18(26)25(23-14)9-8-24-7-3-2-4-16(24)12-22-17-13-20-15(10-19)11-21-17/h5-6,11,13,16H,2-4,7-9,12H2,1H3,(H,21,22). The molecule has 0 amide bonds. The fourth-order valence-electron chi connectivity index (χ4n) is 3.22.